The van der Waals surface area contributed by atoms with Crippen molar-refractivity contribution in [3.05, 3.63) is 54.2 Å². The second-order valence-corrected chi connectivity index (χ2v) is 6.06. The predicted molar refractivity (Wildman–Crippen MR) is 95.4 cm³/mol. The summed E-state index contributed by atoms with van der Waals surface area (Å²) in [6.07, 6.45) is 1.57. The number of carbonyl (C=O) groups excluding carboxylic acids is 1. The number of rotatable bonds is 5. The summed E-state index contributed by atoms with van der Waals surface area (Å²) in [4.78, 5) is 20.7. The fourth-order valence-corrected chi connectivity index (χ4v) is 2.83. The molecule has 6 nitrogen and oxygen atoms in total. The van der Waals surface area contributed by atoms with Crippen molar-refractivity contribution < 1.29 is 4.79 Å². The van der Waals surface area contributed by atoms with Crippen molar-refractivity contribution in [1.82, 2.24) is 14.8 Å². The maximum absolute atomic E-state index is 12.1. The van der Waals surface area contributed by atoms with Crippen LogP contribution in [-0.2, 0) is 11.3 Å². The Labute approximate surface area is 142 Å². The number of carbonyl (C=O) groups is 1. The molecule has 2 heterocycles. The maximum atomic E-state index is 12.1. The lowest BCUT2D eigenvalue weighted by Gasteiger charge is -2.34. The van der Waals surface area contributed by atoms with Crippen molar-refractivity contribution >= 4 is 17.4 Å². The van der Waals surface area contributed by atoms with E-state index >= 15 is 0 Å². The van der Waals surface area contributed by atoms with Gasteiger partial charge in [-0.05, 0) is 17.7 Å². The highest BCUT2D eigenvalue weighted by Gasteiger charge is 2.19. The number of benzene rings is 1. The summed E-state index contributed by atoms with van der Waals surface area (Å²) >= 11 is 0. The van der Waals surface area contributed by atoms with E-state index in [1.54, 1.807) is 18.3 Å². The standard InChI is InChI=1S/C18H23N5O/c19-17-7-6-16(12-20-17)21-18(24)14-23-10-8-22(9-11-23)13-15-4-2-1-3-5-15/h1-7,12H,8-11,13-14H2,(H2,19,20)(H,21,24). The number of nitrogens with zero attached hydrogens (tertiary/aromatic N) is 3. The van der Waals surface area contributed by atoms with Gasteiger partial charge in [-0.3, -0.25) is 14.6 Å². The minimum Gasteiger partial charge on any atom is -0.384 e. The molecule has 6 heteroatoms. The number of pyridine rings is 1. The molecule has 126 valence electrons. The molecule has 1 fully saturated rings. The molecule has 3 N–H and O–H groups in total. The second-order valence-electron chi connectivity index (χ2n) is 6.06. The van der Waals surface area contributed by atoms with Crippen molar-refractivity contribution in [3.8, 4) is 0 Å². The summed E-state index contributed by atoms with van der Waals surface area (Å²) < 4.78 is 0. The van der Waals surface area contributed by atoms with E-state index in [2.05, 4.69) is 44.4 Å². The van der Waals surface area contributed by atoms with Gasteiger partial charge in [-0.25, -0.2) is 4.98 Å². The SMILES string of the molecule is Nc1ccc(NC(=O)CN2CCN(Cc3ccccc3)CC2)cn1. The van der Waals surface area contributed by atoms with Gasteiger partial charge in [0.2, 0.25) is 5.91 Å². The predicted octanol–water partition coefficient (Wildman–Crippen LogP) is 1.42. The topological polar surface area (TPSA) is 74.5 Å². The van der Waals surface area contributed by atoms with Crippen LogP contribution in [0.2, 0.25) is 0 Å². The fraction of sp³-hybridized carbons (Fsp3) is 0.333. The quantitative estimate of drug-likeness (QED) is 0.870. The largest absolute Gasteiger partial charge is 0.384 e. The van der Waals surface area contributed by atoms with Gasteiger partial charge in [0.1, 0.15) is 5.82 Å². The van der Waals surface area contributed by atoms with Crippen LogP contribution >= 0.6 is 0 Å². The molecule has 2 aromatic rings. The molecule has 1 aliphatic rings. The molecule has 0 unspecified atom stereocenters. The molecule has 0 spiro atoms. The first-order valence-electron chi connectivity index (χ1n) is 8.19. The van der Waals surface area contributed by atoms with Crippen LogP contribution < -0.4 is 11.1 Å². The van der Waals surface area contributed by atoms with E-state index in [0.717, 1.165) is 32.7 Å². The van der Waals surface area contributed by atoms with Crippen molar-refractivity contribution in [2.45, 2.75) is 6.54 Å². The van der Waals surface area contributed by atoms with Crippen LogP contribution in [-0.4, -0.2) is 53.4 Å². The molecule has 0 saturated carbocycles. The highest BCUT2D eigenvalue weighted by molar-refractivity contribution is 5.92. The van der Waals surface area contributed by atoms with Crippen molar-refractivity contribution in [1.29, 1.82) is 0 Å². The summed E-state index contributed by atoms with van der Waals surface area (Å²) in [5.74, 6) is 0.431. The van der Waals surface area contributed by atoms with Crippen LogP contribution in [0.1, 0.15) is 5.56 Å². The summed E-state index contributed by atoms with van der Waals surface area (Å²) in [6, 6.07) is 13.9. The normalized spacial score (nSPS) is 16.0. The van der Waals surface area contributed by atoms with E-state index in [0.29, 0.717) is 18.1 Å². The lowest BCUT2D eigenvalue weighted by Crippen LogP contribution is -2.48. The van der Waals surface area contributed by atoms with E-state index in [1.807, 2.05) is 6.07 Å². The molecular weight excluding hydrogens is 302 g/mol. The highest BCUT2D eigenvalue weighted by atomic mass is 16.2. The summed E-state index contributed by atoms with van der Waals surface area (Å²) in [7, 11) is 0. The Morgan fingerprint density at radius 3 is 2.42 bits per heavy atom. The van der Waals surface area contributed by atoms with Gasteiger partial charge >= 0.3 is 0 Å². The molecule has 1 saturated heterocycles. The first kappa shape index (κ1) is 16.4. The Morgan fingerprint density at radius 2 is 1.75 bits per heavy atom. The molecule has 24 heavy (non-hydrogen) atoms. The zero-order chi connectivity index (χ0) is 16.8. The number of hydrogen-bond acceptors (Lipinski definition) is 5. The van der Waals surface area contributed by atoms with Crippen LogP contribution in [0.15, 0.2) is 48.7 Å². The van der Waals surface area contributed by atoms with Crippen LogP contribution in [0.5, 0.6) is 0 Å². The van der Waals surface area contributed by atoms with Gasteiger partial charge in [-0.1, -0.05) is 30.3 Å². The molecule has 0 atom stereocenters. The van der Waals surface area contributed by atoms with Crippen LogP contribution in [0, 0.1) is 0 Å². The van der Waals surface area contributed by atoms with Crippen molar-refractivity contribution in [3.63, 3.8) is 0 Å². The van der Waals surface area contributed by atoms with Gasteiger partial charge in [0.15, 0.2) is 0 Å². The van der Waals surface area contributed by atoms with Crippen molar-refractivity contribution in [2.24, 2.45) is 0 Å². The monoisotopic (exact) mass is 325 g/mol. The van der Waals surface area contributed by atoms with Gasteiger partial charge in [0.05, 0.1) is 18.4 Å². The zero-order valence-corrected chi connectivity index (χ0v) is 13.7. The van der Waals surface area contributed by atoms with Crippen LogP contribution in [0.3, 0.4) is 0 Å². The third kappa shape index (κ3) is 4.78. The molecule has 0 radical (unpaired) electrons. The zero-order valence-electron chi connectivity index (χ0n) is 13.7. The number of nitrogen functional groups attached to an aromatic ring is 1. The number of anilines is 2. The smallest absolute Gasteiger partial charge is 0.238 e. The van der Waals surface area contributed by atoms with Gasteiger partial charge in [-0.2, -0.15) is 0 Å². The van der Waals surface area contributed by atoms with Gasteiger partial charge < -0.3 is 11.1 Å². The molecule has 1 aromatic carbocycles. The Bertz CT molecular complexity index is 651. The maximum Gasteiger partial charge on any atom is 0.238 e. The van der Waals surface area contributed by atoms with E-state index < -0.39 is 0 Å². The highest BCUT2D eigenvalue weighted by Crippen LogP contribution is 2.10. The Kier molecular flexibility index (Phi) is 5.40. The van der Waals surface area contributed by atoms with E-state index in [-0.39, 0.29) is 5.91 Å². The lowest BCUT2D eigenvalue weighted by atomic mass is 10.2. The number of hydrogen-bond donors (Lipinski definition) is 2. The molecular formula is C18H23N5O. The third-order valence-corrected chi connectivity index (χ3v) is 4.15. The molecule has 3 rings (SSSR count). The first-order valence-corrected chi connectivity index (χ1v) is 8.19. The van der Waals surface area contributed by atoms with Gasteiger partial charge in [-0.15, -0.1) is 0 Å². The molecule has 0 aliphatic carbocycles. The number of nitrogens with two attached hydrogens (primary N) is 1. The van der Waals surface area contributed by atoms with Crippen molar-refractivity contribution in [2.75, 3.05) is 43.8 Å². The summed E-state index contributed by atoms with van der Waals surface area (Å²) in [6.45, 7) is 5.14. The van der Waals surface area contributed by atoms with Crippen LogP contribution in [0.25, 0.3) is 0 Å². The number of amides is 1. The average molecular weight is 325 g/mol. The molecule has 1 amide bonds. The minimum absolute atomic E-state index is 0.0157. The number of aromatic nitrogens is 1. The van der Waals surface area contributed by atoms with Gasteiger partial charge in [0.25, 0.3) is 0 Å². The Morgan fingerprint density at radius 1 is 1.04 bits per heavy atom. The van der Waals surface area contributed by atoms with E-state index in [9.17, 15) is 4.79 Å². The molecule has 0 bridgehead atoms. The Hall–Kier alpha value is -2.44. The average Bonchev–Trinajstić information content (AvgIpc) is 2.60. The number of nitrogens with one attached hydrogen (secondary N) is 1. The first-order chi connectivity index (χ1) is 11.7. The fourth-order valence-electron chi connectivity index (χ4n) is 2.83. The Balaban J connectivity index is 1.41. The van der Waals surface area contributed by atoms with E-state index in [4.69, 9.17) is 5.73 Å². The number of piperazine rings is 1. The molecule has 1 aliphatic heterocycles. The van der Waals surface area contributed by atoms with Gasteiger partial charge in [0, 0.05) is 32.7 Å². The summed E-state index contributed by atoms with van der Waals surface area (Å²) in [5, 5.41) is 2.86. The van der Waals surface area contributed by atoms with Crippen LogP contribution in [0.4, 0.5) is 11.5 Å². The minimum atomic E-state index is -0.0157. The van der Waals surface area contributed by atoms with E-state index in [1.165, 1.54) is 5.56 Å². The summed E-state index contributed by atoms with van der Waals surface area (Å²) in [5.41, 5.74) is 7.55. The lowest BCUT2D eigenvalue weighted by molar-refractivity contribution is -0.117. The second kappa shape index (κ2) is 7.90. The third-order valence-electron chi connectivity index (χ3n) is 4.15. The molecule has 1 aromatic heterocycles.